The maximum Gasteiger partial charge on any atom is 0.419 e. The molecule has 166 valence electrons. The maximum atomic E-state index is 12.1. The first-order valence-corrected chi connectivity index (χ1v) is 9.52. The van der Waals surface area contributed by atoms with Gasteiger partial charge in [0.15, 0.2) is 11.2 Å². The lowest BCUT2D eigenvalue weighted by Crippen LogP contribution is -2.25. The van der Waals surface area contributed by atoms with Gasteiger partial charge in [-0.05, 0) is 6.42 Å². The van der Waals surface area contributed by atoms with Crippen LogP contribution in [0, 0.1) is 5.92 Å². The van der Waals surface area contributed by atoms with Crippen molar-refractivity contribution in [2.24, 2.45) is 5.92 Å². The Balaban J connectivity index is 1.43. The summed E-state index contributed by atoms with van der Waals surface area (Å²) in [6.07, 6.45) is 9.15. The van der Waals surface area contributed by atoms with E-state index < -0.39 is 17.7 Å². The number of ether oxygens (including phenoxy) is 2. The first kappa shape index (κ1) is 20.8. The highest BCUT2D eigenvalue weighted by Crippen LogP contribution is 2.13. The third-order valence-electron chi connectivity index (χ3n) is 4.59. The molecule has 0 bridgehead atoms. The summed E-state index contributed by atoms with van der Waals surface area (Å²) in [6.45, 7) is 0.330. The zero-order valence-electron chi connectivity index (χ0n) is 16.7. The van der Waals surface area contributed by atoms with Gasteiger partial charge in [0.2, 0.25) is 5.95 Å². The van der Waals surface area contributed by atoms with Crippen LogP contribution in [0.1, 0.15) is 6.42 Å². The summed E-state index contributed by atoms with van der Waals surface area (Å²) < 4.78 is 14.7. The highest BCUT2D eigenvalue weighted by Gasteiger charge is 2.18. The number of imidazole rings is 3. The van der Waals surface area contributed by atoms with E-state index in [1.807, 2.05) is 0 Å². The number of aromatic nitrogens is 8. The Morgan fingerprint density at radius 3 is 2.22 bits per heavy atom. The zero-order chi connectivity index (χ0) is 22.5. The molecule has 32 heavy (non-hydrogen) atoms. The number of carbonyl (C=O) groups excluding carboxylic acids is 2. The van der Waals surface area contributed by atoms with Crippen molar-refractivity contribution in [3.63, 3.8) is 0 Å². The second kappa shape index (κ2) is 9.11. The fourth-order valence-electron chi connectivity index (χ4n) is 2.93. The minimum absolute atomic E-state index is 0.0169. The van der Waals surface area contributed by atoms with Gasteiger partial charge in [0.05, 0.1) is 19.5 Å². The second-order valence-corrected chi connectivity index (χ2v) is 6.81. The molecule has 0 aliphatic heterocycles. The smallest absolute Gasteiger partial charge is 0.419 e. The summed E-state index contributed by atoms with van der Waals surface area (Å²) in [4.78, 5) is 54.4. The monoisotopic (exact) mass is 441 g/mol. The van der Waals surface area contributed by atoms with Crippen molar-refractivity contribution in [3.05, 3.63) is 54.1 Å². The first-order valence-electron chi connectivity index (χ1n) is 9.52. The molecule has 0 atom stereocenters. The molecule has 4 aromatic rings. The van der Waals surface area contributed by atoms with Crippen LogP contribution in [0.3, 0.4) is 0 Å². The summed E-state index contributed by atoms with van der Waals surface area (Å²) >= 11 is 0. The molecule has 0 aliphatic carbocycles. The molecule has 3 N–H and O–H groups in total. The average Bonchev–Trinajstić information content (AvgIpc) is 3.54. The Kier molecular flexibility index (Phi) is 5.91. The Morgan fingerprint density at radius 2 is 1.66 bits per heavy atom. The lowest BCUT2D eigenvalue weighted by molar-refractivity contribution is 0.0822. The number of H-pyrrole nitrogens is 1. The number of aryl methyl sites for hydroxylation is 1. The normalized spacial score (nSPS) is 11.2. The number of carbonyl (C=O) groups is 2. The molecule has 0 saturated heterocycles. The molecule has 0 spiro atoms. The van der Waals surface area contributed by atoms with Gasteiger partial charge in [0.1, 0.15) is 12.7 Å². The lowest BCUT2D eigenvalue weighted by atomic mass is 10.1. The topological polar surface area (TPSA) is 178 Å². The quantitative estimate of drug-likeness (QED) is 0.409. The zero-order valence-corrected chi connectivity index (χ0v) is 16.7. The molecule has 0 saturated carbocycles. The van der Waals surface area contributed by atoms with Gasteiger partial charge in [-0.1, -0.05) is 0 Å². The van der Waals surface area contributed by atoms with Crippen molar-refractivity contribution in [1.29, 1.82) is 0 Å². The molecule has 0 amide bonds. The van der Waals surface area contributed by atoms with Crippen molar-refractivity contribution in [2.45, 2.75) is 13.0 Å². The minimum atomic E-state index is -0.609. The van der Waals surface area contributed by atoms with Crippen molar-refractivity contribution in [1.82, 2.24) is 38.6 Å². The number of hydrogen-bond acceptors (Lipinski definition) is 10. The molecule has 0 radical (unpaired) electrons. The molecule has 4 aromatic heterocycles. The van der Waals surface area contributed by atoms with Crippen LogP contribution in [0.25, 0.3) is 11.2 Å². The summed E-state index contributed by atoms with van der Waals surface area (Å²) in [5, 5.41) is 0. The summed E-state index contributed by atoms with van der Waals surface area (Å²) in [7, 11) is 0. The van der Waals surface area contributed by atoms with E-state index in [9.17, 15) is 14.4 Å². The van der Waals surface area contributed by atoms with Crippen LogP contribution < -0.4 is 11.3 Å². The number of nitrogens with zero attached hydrogens (tertiary/aromatic N) is 7. The highest BCUT2D eigenvalue weighted by molar-refractivity contribution is 5.71. The minimum Gasteiger partial charge on any atom is -0.448 e. The van der Waals surface area contributed by atoms with Crippen LogP contribution in [-0.4, -0.2) is 64.0 Å². The maximum absolute atomic E-state index is 12.1. The van der Waals surface area contributed by atoms with Gasteiger partial charge in [-0.15, -0.1) is 0 Å². The van der Waals surface area contributed by atoms with E-state index in [0.29, 0.717) is 18.6 Å². The van der Waals surface area contributed by atoms with Gasteiger partial charge in [-0.2, -0.15) is 4.98 Å². The molecule has 0 unspecified atom stereocenters. The first-order chi connectivity index (χ1) is 15.5. The van der Waals surface area contributed by atoms with Crippen LogP contribution in [0.4, 0.5) is 15.5 Å². The number of nitrogens with one attached hydrogen (secondary N) is 1. The van der Waals surface area contributed by atoms with E-state index in [2.05, 4.69) is 24.9 Å². The standard InChI is InChI=1S/C18H19N9O5/c19-16-23-14-13(15(28)24-16)22-11-25(14)4-1-12(7-31-17(29)26-5-2-20-9-26)8-32-18(30)27-6-3-21-10-27/h2-3,5-6,9-12H,1,4,7-8H2,(H3,19,23,24,28). The van der Waals surface area contributed by atoms with E-state index in [4.69, 9.17) is 15.2 Å². The number of aromatic amines is 1. The predicted molar refractivity (Wildman–Crippen MR) is 109 cm³/mol. The van der Waals surface area contributed by atoms with Crippen molar-refractivity contribution < 1.29 is 19.1 Å². The number of nitrogen functional groups attached to an aromatic ring is 1. The Bertz CT molecular complexity index is 1210. The van der Waals surface area contributed by atoms with Gasteiger partial charge in [-0.25, -0.2) is 33.7 Å². The molecule has 4 rings (SSSR count). The van der Waals surface area contributed by atoms with E-state index in [1.54, 1.807) is 4.57 Å². The molecule has 14 nitrogen and oxygen atoms in total. The third kappa shape index (κ3) is 4.63. The van der Waals surface area contributed by atoms with Gasteiger partial charge < -0.3 is 19.8 Å². The van der Waals surface area contributed by atoms with Gasteiger partial charge >= 0.3 is 12.2 Å². The van der Waals surface area contributed by atoms with E-state index in [1.165, 1.54) is 52.9 Å². The second-order valence-electron chi connectivity index (χ2n) is 6.81. The molecular formula is C18H19N9O5. The third-order valence-corrected chi connectivity index (χ3v) is 4.59. The fourth-order valence-corrected chi connectivity index (χ4v) is 2.93. The van der Waals surface area contributed by atoms with E-state index in [-0.39, 0.29) is 30.6 Å². The Hall–Kier alpha value is -4.49. The molecular weight excluding hydrogens is 422 g/mol. The predicted octanol–water partition coefficient (Wildman–Crippen LogP) is 0.471. The van der Waals surface area contributed by atoms with Crippen LogP contribution in [0.2, 0.25) is 0 Å². The highest BCUT2D eigenvalue weighted by atomic mass is 16.6. The number of nitrogens with two attached hydrogens (primary N) is 1. The Labute approximate surface area is 179 Å². The molecule has 14 heteroatoms. The van der Waals surface area contributed by atoms with Gasteiger partial charge in [0, 0.05) is 37.3 Å². The van der Waals surface area contributed by atoms with Crippen LogP contribution in [-0.2, 0) is 16.0 Å². The summed E-state index contributed by atoms with van der Waals surface area (Å²) in [6, 6.07) is 0. The molecule has 0 aliphatic rings. The van der Waals surface area contributed by atoms with Crippen molar-refractivity contribution in [2.75, 3.05) is 18.9 Å². The largest absolute Gasteiger partial charge is 0.448 e. The molecule has 4 heterocycles. The number of anilines is 1. The van der Waals surface area contributed by atoms with Crippen LogP contribution in [0.5, 0.6) is 0 Å². The van der Waals surface area contributed by atoms with Crippen molar-refractivity contribution >= 4 is 29.3 Å². The number of hydrogen-bond donors (Lipinski definition) is 2. The molecule has 0 fully saturated rings. The number of fused-ring (bicyclic) bond motifs is 1. The fraction of sp³-hybridized carbons (Fsp3) is 0.278. The average molecular weight is 441 g/mol. The van der Waals surface area contributed by atoms with E-state index in [0.717, 1.165) is 0 Å². The summed E-state index contributed by atoms with van der Waals surface area (Å²) in [5.74, 6) is -0.379. The SMILES string of the molecule is Nc1nc2c(ncn2CCC(COC(=O)n2ccnc2)COC(=O)n2ccnc2)c(=O)[nH]1. The number of rotatable bonds is 7. The Morgan fingerprint density at radius 1 is 1.03 bits per heavy atom. The van der Waals surface area contributed by atoms with Crippen LogP contribution >= 0.6 is 0 Å². The van der Waals surface area contributed by atoms with Crippen LogP contribution in [0.15, 0.2) is 48.6 Å². The lowest BCUT2D eigenvalue weighted by Gasteiger charge is -2.17. The van der Waals surface area contributed by atoms with Gasteiger partial charge in [0.25, 0.3) is 5.56 Å². The van der Waals surface area contributed by atoms with Gasteiger partial charge in [-0.3, -0.25) is 9.78 Å². The summed E-state index contributed by atoms with van der Waals surface area (Å²) in [5.41, 5.74) is 5.68. The van der Waals surface area contributed by atoms with Crippen molar-refractivity contribution in [3.8, 4) is 0 Å². The molecule has 0 aromatic carbocycles. The van der Waals surface area contributed by atoms with E-state index >= 15 is 0 Å².